The van der Waals surface area contributed by atoms with Crippen LogP contribution in [0.5, 0.6) is 0 Å². The van der Waals surface area contributed by atoms with Crippen LogP contribution in [-0.2, 0) is 37.9 Å². The van der Waals surface area contributed by atoms with Crippen LogP contribution in [0.4, 0.5) is 0 Å². The van der Waals surface area contributed by atoms with E-state index in [0.717, 1.165) is 0 Å². The van der Waals surface area contributed by atoms with Crippen molar-refractivity contribution in [3.63, 3.8) is 0 Å². The summed E-state index contributed by atoms with van der Waals surface area (Å²) < 4.78 is 63.2. The Balaban J connectivity index is -0.0000000178. The SMILES string of the molecule is N.N.O.O=S(=O)(O)O.O=S(=O)(O)O.[Cu]. The normalized spacial score (nSPS) is 8.29. The van der Waals surface area contributed by atoms with Gasteiger partial charge in [0.2, 0.25) is 0 Å². The molecule has 99 valence electrons. The van der Waals surface area contributed by atoms with Gasteiger partial charge < -0.3 is 17.8 Å². The van der Waals surface area contributed by atoms with E-state index >= 15 is 0 Å². The molecule has 0 heterocycles. The second-order valence-electron chi connectivity index (χ2n) is 0.896. The van der Waals surface area contributed by atoms with Crippen LogP contribution in [0, 0.1) is 0 Å². The maximum absolute atomic E-state index is 8.74. The predicted molar refractivity (Wildman–Crippen MR) is 42.0 cm³/mol. The van der Waals surface area contributed by atoms with Crippen molar-refractivity contribution in [2.24, 2.45) is 0 Å². The first kappa shape index (κ1) is 36.8. The van der Waals surface area contributed by atoms with Gasteiger partial charge in [-0.15, -0.1) is 0 Å². The van der Waals surface area contributed by atoms with Crippen molar-refractivity contribution in [3.8, 4) is 0 Å². The molecule has 0 aromatic carbocycles. The molecular formula is H12CuN2O9S2. The van der Waals surface area contributed by atoms with Crippen LogP contribution in [-0.4, -0.2) is 40.5 Å². The quantitative estimate of drug-likeness (QED) is 0.216. The molecule has 14 heavy (non-hydrogen) atoms. The summed E-state index contributed by atoms with van der Waals surface area (Å²) in [4.78, 5) is 0. The van der Waals surface area contributed by atoms with Crippen LogP contribution < -0.4 is 12.3 Å². The first-order valence-corrected chi connectivity index (χ1v) is 4.19. The smallest absolute Gasteiger partial charge is 0.394 e. The van der Waals surface area contributed by atoms with Gasteiger partial charge in [0.1, 0.15) is 0 Å². The van der Waals surface area contributed by atoms with Gasteiger partial charge in [-0.1, -0.05) is 0 Å². The molecule has 0 aromatic rings. The average Bonchev–Trinajstić information content (AvgIpc) is 1.12. The summed E-state index contributed by atoms with van der Waals surface area (Å²) >= 11 is 0. The van der Waals surface area contributed by atoms with Crippen molar-refractivity contribution in [2.75, 3.05) is 0 Å². The molecule has 0 saturated carbocycles. The Morgan fingerprint density at radius 3 is 0.643 bits per heavy atom. The molecule has 0 amide bonds. The van der Waals surface area contributed by atoms with Crippen LogP contribution in [0.3, 0.4) is 0 Å². The monoisotopic (exact) mass is 311 g/mol. The largest absolute Gasteiger partial charge is 0.412 e. The Bertz CT molecular complexity index is 217. The van der Waals surface area contributed by atoms with Gasteiger partial charge in [-0.3, -0.25) is 18.2 Å². The Morgan fingerprint density at radius 2 is 0.643 bits per heavy atom. The van der Waals surface area contributed by atoms with Crippen molar-refractivity contribution in [3.05, 3.63) is 0 Å². The fourth-order valence-electron chi connectivity index (χ4n) is 0. The second-order valence-corrected chi connectivity index (χ2v) is 2.69. The topological polar surface area (TPSA) is 251 Å². The van der Waals surface area contributed by atoms with Crippen LogP contribution in [0.1, 0.15) is 0 Å². The molecule has 0 atom stereocenters. The zero-order valence-electron chi connectivity index (χ0n) is 6.45. The number of rotatable bonds is 0. The summed E-state index contributed by atoms with van der Waals surface area (Å²) in [5.41, 5.74) is 0. The van der Waals surface area contributed by atoms with E-state index in [4.69, 9.17) is 35.0 Å². The third kappa shape index (κ3) is 77400. The molecule has 0 aromatic heterocycles. The standard InChI is InChI=1S/Cu.2H3N.2H2O4S.H2O/c;;;2*1-5(2,3)4;/h;2*1H3;2*(H2,1,2,3,4);1H2. The van der Waals surface area contributed by atoms with E-state index in [2.05, 4.69) is 0 Å². The maximum Gasteiger partial charge on any atom is 0.394 e. The molecule has 11 nitrogen and oxygen atoms in total. The first-order chi connectivity index (χ1) is 4.00. The molecular weight excluding hydrogens is 300 g/mol. The van der Waals surface area contributed by atoms with Gasteiger partial charge in [0, 0.05) is 17.1 Å². The molecule has 0 unspecified atom stereocenters. The summed E-state index contributed by atoms with van der Waals surface area (Å²) in [6.07, 6.45) is 0. The fourth-order valence-corrected chi connectivity index (χ4v) is 0. The minimum atomic E-state index is -4.67. The molecule has 0 aliphatic carbocycles. The van der Waals surface area contributed by atoms with Crippen LogP contribution in [0.2, 0.25) is 0 Å². The van der Waals surface area contributed by atoms with Gasteiger partial charge in [-0.2, -0.15) is 16.8 Å². The van der Waals surface area contributed by atoms with Crippen LogP contribution in [0.25, 0.3) is 0 Å². The van der Waals surface area contributed by atoms with Gasteiger partial charge in [0.15, 0.2) is 0 Å². The minimum Gasteiger partial charge on any atom is -0.412 e. The van der Waals surface area contributed by atoms with Gasteiger partial charge >= 0.3 is 20.8 Å². The first-order valence-electron chi connectivity index (χ1n) is 1.40. The minimum absolute atomic E-state index is 0. The van der Waals surface area contributed by atoms with E-state index < -0.39 is 20.8 Å². The van der Waals surface area contributed by atoms with Gasteiger partial charge in [0.25, 0.3) is 0 Å². The summed E-state index contributed by atoms with van der Waals surface area (Å²) in [5.74, 6) is 0. The van der Waals surface area contributed by atoms with E-state index in [1.165, 1.54) is 0 Å². The summed E-state index contributed by atoms with van der Waals surface area (Å²) in [6.45, 7) is 0. The average molecular weight is 312 g/mol. The maximum atomic E-state index is 8.74. The summed E-state index contributed by atoms with van der Waals surface area (Å²) in [7, 11) is -9.33. The Kier molecular flexibility index (Phi) is 34.6. The fraction of sp³-hybridized carbons (Fsp3) is 0. The number of hydrogen-bond donors (Lipinski definition) is 6. The second kappa shape index (κ2) is 13.1. The number of hydrogen-bond acceptors (Lipinski definition) is 6. The molecule has 0 saturated heterocycles. The Labute approximate surface area is 91.0 Å². The van der Waals surface area contributed by atoms with E-state index in [9.17, 15) is 0 Å². The van der Waals surface area contributed by atoms with Crippen molar-refractivity contribution < 1.29 is 57.6 Å². The van der Waals surface area contributed by atoms with E-state index in [-0.39, 0.29) is 34.8 Å². The Morgan fingerprint density at radius 1 is 0.643 bits per heavy atom. The molecule has 14 heteroatoms. The third-order valence-electron chi connectivity index (χ3n) is 0. The molecule has 0 aliphatic rings. The van der Waals surface area contributed by atoms with Crippen molar-refractivity contribution in [2.45, 2.75) is 0 Å². The van der Waals surface area contributed by atoms with Gasteiger partial charge in [-0.05, 0) is 0 Å². The third-order valence-corrected chi connectivity index (χ3v) is 0. The van der Waals surface area contributed by atoms with Gasteiger partial charge in [-0.25, -0.2) is 0 Å². The Hall–Kier alpha value is 0.139. The molecule has 0 aliphatic heterocycles. The zero-order chi connectivity index (χ0) is 9.00. The molecule has 0 rings (SSSR count). The molecule has 0 spiro atoms. The summed E-state index contributed by atoms with van der Waals surface area (Å²) in [6, 6.07) is 0. The van der Waals surface area contributed by atoms with Crippen LogP contribution in [0.15, 0.2) is 0 Å². The van der Waals surface area contributed by atoms with Crippen LogP contribution >= 0.6 is 0 Å². The molecule has 12 N–H and O–H groups in total. The summed E-state index contributed by atoms with van der Waals surface area (Å²) in [5, 5.41) is 0. The van der Waals surface area contributed by atoms with E-state index in [0.29, 0.717) is 0 Å². The van der Waals surface area contributed by atoms with Gasteiger partial charge in [0.05, 0.1) is 0 Å². The van der Waals surface area contributed by atoms with E-state index in [1.54, 1.807) is 0 Å². The molecule has 0 fully saturated rings. The van der Waals surface area contributed by atoms with Crippen molar-refractivity contribution >= 4 is 20.8 Å². The van der Waals surface area contributed by atoms with Crippen molar-refractivity contribution in [1.29, 1.82) is 0 Å². The predicted octanol–water partition coefficient (Wildman–Crippen LogP) is -1.81. The molecule has 1 radical (unpaired) electrons. The molecule has 0 bridgehead atoms. The van der Waals surface area contributed by atoms with E-state index in [1.807, 2.05) is 0 Å². The van der Waals surface area contributed by atoms with Crippen molar-refractivity contribution in [1.82, 2.24) is 12.3 Å². The zero-order valence-corrected chi connectivity index (χ0v) is 9.03.